The van der Waals surface area contributed by atoms with Crippen molar-refractivity contribution in [3.63, 3.8) is 0 Å². The van der Waals surface area contributed by atoms with E-state index in [2.05, 4.69) is 4.98 Å². The standard InChI is InChI=1S/C17H18NO4PS/c1-10(2)9-12(16(19)20)17(21,23-22)15(24)14-8-7-11-5-3-4-6-13(11)18-14/h3-8,10,12,21H,9H2,1-2H3,(H,19,20). The molecule has 2 atom stereocenters. The summed E-state index contributed by atoms with van der Waals surface area (Å²) in [4.78, 5) is 15.9. The van der Waals surface area contributed by atoms with Gasteiger partial charge in [0.1, 0.15) is 5.92 Å². The third kappa shape index (κ3) is 3.66. The van der Waals surface area contributed by atoms with E-state index in [4.69, 9.17) is 12.2 Å². The monoisotopic (exact) mass is 363 g/mol. The smallest absolute Gasteiger partial charge is 0.310 e. The number of carboxylic acids is 1. The highest BCUT2D eigenvalue weighted by Crippen LogP contribution is 2.37. The Labute approximate surface area is 146 Å². The molecule has 0 fully saturated rings. The van der Waals surface area contributed by atoms with E-state index in [1.807, 2.05) is 32.0 Å². The third-order valence-corrected chi connectivity index (χ3v) is 5.28. The fourth-order valence-electron chi connectivity index (χ4n) is 2.55. The fourth-order valence-corrected chi connectivity index (χ4v) is 3.46. The molecular formula is C17H18NO4PS. The van der Waals surface area contributed by atoms with E-state index >= 15 is 0 Å². The molecule has 126 valence electrons. The minimum absolute atomic E-state index is 0.00765. The van der Waals surface area contributed by atoms with Crippen molar-refractivity contribution in [1.29, 1.82) is 0 Å². The Morgan fingerprint density at radius 1 is 1.29 bits per heavy atom. The average Bonchev–Trinajstić information content (AvgIpc) is 2.57. The molecule has 0 amide bonds. The summed E-state index contributed by atoms with van der Waals surface area (Å²) in [5.41, 5.74) is 0.919. The molecule has 2 N–H and O–H groups in total. The Morgan fingerprint density at radius 2 is 1.96 bits per heavy atom. The predicted molar refractivity (Wildman–Crippen MR) is 96.6 cm³/mol. The molecule has 2 unspecified atom stereocenters. The maximum absolute atomic E-state index is 11.7. The van der Waals surface area contributed by atoms with Crippen molar-refractivity contribution in [3.05, 3.63) is 42.1 Å². The Bertz CT molecular complexity index is 795. The topological polar surface area (TPSA) is 87.5 Å². The number of nitrogens with zero attached hydrogens (tertiary/aromatic N) is 1. The normalized spacial score (nSPS) is 15.3. The average molecular weight is 363 g/mol. The number of hydrogen-bond donors (Lipinski definition) is 2. The van der Waals surface area contributed by atoms with E-state index < -0.39 is 25.7 Å². The lowest BCUT2D eigenvalue weighted by Crippen LogP contribution is -2.45. The van der Waals surface area contributed by atoms with Crippen molar-refractivity contribution in [2.45, 2.75) is 25.6 Å². The van der Waals surface area contributed by atoms with Crippen LogP contribution in [0.3, 0.4) is 0 Å². The van der Waals surface area contributed by atoms with Gasteiger partial charge in [0.05, 0.1) is 16.1 Å². The molecule has 7 heteroatoms. The van der Waals surface area contributed by atoms with Crippen LogP contribution in [0.15, 0.2) is 36.4 Å². The number of carboxylic acid groups (broad SMARTS) is 1. The van der Waals surface area contributed by atoms with Gasteiger partial charge in [-0.3, -0.25) is 9.36 Å². The van der Waals surface area contributed by atoms with Crippen LogP contribution < -0.4 is 0 Å². The minimum atomic E-state index is -2.18. The molecule has 0 aliphatic heterocycles. The zero-order chi connectivity index (χ0) is 17.9. The van der Waals surface area contributed by atoms with Crippen molar-refractivity contribution >= 4 is 42.4 Å². The second-order valence-corrected chi connectivity index (χ2v) is 7.33. The van der Waals surface area contributed by atoms with Gasteiger partial charge in [-0.1, -0.05) is 50.3 Å². The molecule has 5 nitrogen and oxygen atoms in total. The van der Waals surface area contributed by atoms with E-state index in [1.165, 1.54) is 0 Å². The van der Waals surface area contributed by atoms with Crippen LogP contribution in [-0.2, 0) is 9.36 Å². The number of carbonyl (C=O) groups is 1. The summed E-state index contributed by atoms with van der Waals surface area (Å²) < 4.78 is 11.7. The van der Waals surface area contributed by atoms with Gasteiger partial charge in [-0.05, 0) is 24.5 Å². The van der Waals surface area contributed by atoms with Gasteiger partial charge in [-0.2, -0.15) is 0 Å². The van der Waals surface area contributed by atoms with Crippen molar-refractivity contribution in [2.24, 2.45) is 11.8 Å². The molecule has 2 rings (SSSR count). The molecule has 1 heterocycles. The number of pyridine rings is 1. The van der Waals surface area contributed by atoms with Gasteiger partial charge >= 0.3 is 5.97 Å². The number of fused-ring (bicyclic) bond motifs is 1. The molecule has 1 aromatic carbocycles. The first-order chi connectivity index (χ1) is 11.3. The van der Waals surface area contributed by atoms with Gasteiger partial charge in [-0.15, -0.1) is 0 Å². The van der Waals surface area contributed by atoms with Crippen molar-refractivity contribution in [3.8, 4) is 0 Å². The van der Waals surface area contributed by atoms with Crippen LogP contribution in [0.1, 0.15) is 26.0 Å². The van der Waals surface area contributed by atoms with Crippen LogP contribution in [0.4, 0.5) is 0 Å². The lowest BCUT2D eigenvalue weighted by Gasteiger charge is -2.29. The number of benzene rings is 1. The maximum atomic E-state index is 11.7. The molecule has 0 saturated heterocycles. The SMILES string of the molecule is CC(C)CC(C(=O)O)C(O)(P=O)C(=S)c1ccc2ccccc2n1. The van der Waals surface area contributed by atoms with Crippen LogP contribution in [0.25, 0.3) is 10.9 Å². The zero-order valence-electron chi connectivity index (χ0n) is 13.3. The predicted octanol–water partition coefficient (Wildman–Crippen LogP) is 3.68. The largest absolute Gasteiger partial charge is 0.481 e. The highest BCUT2D eigenvalue weighted by atomic mass is 32.1. The first kappa shape index (κ1) is 18.6. The van der Waals surface area contributed by atoms with Gasteiger partial charge < -0.3 is 10.2 Å². The number of rotatable bonds is 7. The molecule has 1 aromatic heterocycles. The van der Waals surface area contributed by atoms with Crippen molar-refractivity contribution in [2.75, 3.05) is 0 Å². The summed E-state index contributed by atoms with van der Waals surface area (Å²) in [6, 6.07) is 10.8. The molecule has 0 aliphatic carbocycles. The summed E-state index contributed by atoms with van der Waals surface area (Å²) in [5.74, 6) is -2.53. The number of hydrogen-bond acceptors (Lipinski definition) is 5. The lowest BCUT2D eigenvalue weighted by molar-refractivity contribution is -0.145. The van der Waals surface area contributed by atoms with Crippen LogP contribution in [0.2, 0.25) is 0 Å². The van der Waals surface area contributed by atoms with Crippen LogP contribution in [-0.4, -0.2) is 31.4 Å². The first-order valence-corrected chi connectivity index (χ1v) is 8.72. The fraction of sp³-hybridized carbons (Fsp3) is 0.353. The zero-order valence-corrected chi connectivity index (χ0v) is 15.1. The molecular weight excluding hydrogens is 345 g/mol. The highest BCUT2D eigenvalue weighted by molar-refractivity contribution is 7.81. The summed E-state index contributed by atoms with van der Waals surface area (Å²) >= 11 is 5.28. The Kier molecular flexibility index (Phi) is 5.75. The van der Waals surface area contributed by atoms with Gasteiger partial charge in [0.25, 0.3) is 0 Å². The van der Waals surface area contributed by atoms with E-state index in [1.54, 1.807) is 18.2 Å². The van der Waals surface area contributed by atoms with Crippen molar-refractivity contribution < 1.29 is 19.6 Å². The van der Waals surface area contributed by atoms with Crippen molar-refractivity contribution in [1.82, 2.24) is 4.98 Å². The van der Waals surface area contributed by atoms with Gasteiger partial charge in [0, 0.05) is 5.39 Å². The van der Waals surface area contributed by atoms with Gasteiger partial charge in [-0.25, -0.2) is 4.98 Å². The number of aromatic nitrogens is 1. The van der Waals surface area contributed by atoms with Crippen LogP contribution in [0.5, 0.6) is 0 Å². The molecule has 0 bridgehead atoms. The third-order valence-electron chi connectivity index (χ3n) is 3.80. The van der Waals surface area contributed by atoms with E-state index in [0.717, 1.165) is 5.39 Å². The van der Waals surface area contributed by atoms with E-state index in [0.29, 0.717) is 5.52 Å². The quantitative estimate of drug-likeness (QED) is 0.443. The first-order valence-electron chi connectivity index (χ1n) is 7.50. The number of para-hydroxylation sites is 1. The molecule has 0 aliphatic rings. The van der Waals surface area contributed by atoms with E-state index in [-0.39, 0.29) is 22.9 Å². The number of aliphatic carboxylic acids is 1. The Hall–Kier alpha value is -1.75. The lowest BCUT2D eigenvalue weighted by atomic mass is 9.89. The summed E-state index contributed by atoms with van der Waals surface area (Å²) in [6.07, 6.45) is 0.148. The summed E-state index contributed by atoms with van der Waals surface area (Å²) in [5, 5.41) is 19.0. The number of thiocarbonyl (C=S) groups is 1. The second-order valence-electron chi connectivity index (χ2n) is 6.06. The summed E-state index contributed by atoms with van der Waals surface area (Å²) in [6.45, 7) is 3.66. The maximum Gasteiger partial charge on any atom is 0.310 e. The van der Waals surface area contributed by atoms with E-state index in [9.17, 15) is 19.6 Å². The van der Waals surface area contributed by atoms with Crippen LogP contribution >= 0.6 is 20.7 Å². The molecule has 0 radical (unpaired) electrons. The van der Waals surface area contributed by atoms with Gasteiger partial charge in [0.15, 0.2) is 13.8 Å². The van der Waals surface area contributed by atoms with Gasteiger partial charge in [0.2, 0.25) is 0 Å². The summed E-state index contributed by atoms with van der Waals surface area (Å²) in [7, 11) is -0.748. The molecule has 0 spiro atoms. The second kappa shape index (κ2) is 7.43. The Morgan fingerprint density at radius 3 is 2.54 bits per heavy atom. The highest BCUT2D eigenvalue weighted by Gasteiger charge is 2.47. The number of aliphatic hydroxyl groups is 1. The minimum Gasteiger partial charge on any atom is -0.481 e. The van der Waals surface area contributed by atoms with Crippen LogP contribution in [0, 0.1) is 11.8 Å². The molecule has 24 heavy (non-hydrogen) atoms. The molecule has 2 aromatic rings. The Balaban J connectivity index is 2.48. The molecule has 0 saturated carbocycles.